The molecule has 3 heteroatoms. The van der Waals surface area contributed by atoms with E-state index in [4.69, 9.17) is 0 Å². The number of carbonyl (C=O) groups excluding carboxylic acids is 1. The highest BCUT2D eigenvalue weighted by Crippen LogP contribution is 2.41. The average molecular weight is 304 g/mol. The number of hydrogen-bond acceptors (Lipinski definition) is 3. The molecule has 3 aromatic rings. The van der Waals surface area contributed by atoms with Crippen LogP contribution in [-0.4, -0.2) is 10.9 Å². The predicted octanol–water partition coefficient (Wildman–Crippen LogP) is 4.87. The number of fused-ring (bicyclic) bond motifs is 2. The molecular weight excluding hydrogens is 292 g/mol. The van der Waals surface area contributed by atoms with E-state index in [-0.39, 0.29) is 11.5 Å². The standard InChI is InChI=1S/C19H12O2S/c20-16-10-13-6-2-1-5-12(13)9-14(16)11-18-19(21)15-7-3-4-8-17(15)22-18/h1-11,20H. The van der Waals surface area contributed by atoms with E-state index < -0.39 is 0 Å². The second kappa shape index (κ2) is 5.04. The van der Waals surface area contributed by atoms with E-state index >= 15 is 0 Å². The average Bonchev–Trinajstić information content (AvgIpc) is 2.85. The first-order valence-corrected chi connectivity index (χ1v) is 7.79. The van der Waals surface area contributed by atoms with Crippen LogP contribution in [0.2, 0.25) is 0 Å². The van der Waals surface area contributed by atoms with E-state index in [1.54, 1.807) is 12.1 Å². The minimum Gasteiger partial charge on any atom is -0.507 e. The van der Waals surface area contributed by atoms with Crippen LogP contribution < -0.4 is 0 Å². The summed E-state index contributed by atoms with van der Waals surface area (Å²) >= 11 is 1.45. The summed E-state index contributed by atoms with van der Waals surface area (Å²) in [4.78, 5) is 14.0. The van der Waals surface area contributed by atoms with Crippen LogP contribution in [0.15, 0.2) is 70.5 Å². The maximum atomic E-state index is 12.4. The molecule has 0 bridgehead atoms. The van der Waals surface area contributed by atoms with Gasteiger partial charge in [-0.15, -0.1) is 0 Å². The second-order valence-corrected chi connectivity index (χ2v) is 6.28. The Labute approximate surface area is 132 Å². The number of hydrogen-bond donors (Lipinski definition) is 1. The molecule has 0 aromatic heterocycles. The molecule has 0 aliphatic carbocycles. The Morgan fingerprint density at radius 2 is 1.59 bits per heavy atom. The maximum absolute atomic E-state index is 12.4. The van der Waals surface area contributed by atoms with Gasteiger partial charge in [0.1, 0.15) is 5.75 Å². The maximum Gasteiger partial charge on any atom is 0.200 e. The Morgan fingerprint density at radius 1 is 0.909 bits per heavy atom. The topological polar surface area (TPSA) is 37.3 Å². The smallest absolute Gasteiger partial charge is 0.200 e. The van der Waals surface area contributed by atoms with E-state index in [1.807, 2.05) is 54.6 Å². The highest BCUT2D eigenvalue weighted by Gasteiger charge is 2.25. The number of aromatic hydroxyl groups is 1. The zero-order valence-electron chi connectivity index (χ0n) is 11.6. The van der Waals surface area contributed by atoms with E-state index in [2.05, 4.69) is 0 Å². The van der Waals surface area contributed by atoms with Crippen molar-refractivity contribution >= 4 is 34.4 Å². The summed E-state index contributed by atoms with van der Waals surface area (Å²) in [7, 11) is 0. The molecular formula is C19H12O2S. The van der Waals surface area contributed by atoms with Crippen molar-refractivity contribution in [2.75, 3.05) is 0 Å². The molecule has 22 heavy (non-hydrogen) atoms. The van der Waals surface area contributed by atoms with Gasteiger partial charge in [-0.3, -0.25) is 4.79 Å². The van der Waals surface area contributed by atoms with E-state index in [0.29, 0.717) is 10.5 Å². The molecule has 0 saturated carbocycles. The molecule has 0 spiro atoms. The first-order valence-electron chi connectivity index (χ1n) is 6.97. The first-order chi connectivity index (χ1) is 10.7. The summed E-state index contributed by atoms with van der Waals surface area (Å²) in [6, 6.07) is 19.1. The summed E-state index contributed by atoms with van der Waals surface area (Å²) in [6.07, 6.45) is 1.77. The Kier molecular flexibility index (Phi) is 3.01. The third-order valence-electron chi connectivity index (χ3n) is 3.76. The number of ketones is 1. The first kappa shape index (κ1) is 13.2. The number of thioether (sulfide) groups is 1. The van der Waals surface area contributed by atoms with Gasteiger partial charge < -0.3 is 5.11 Å². The minimum atomic E-state index is 0.0214. The molecule has 2 nitrogen and oxygen atoms in total. The quantitative estimate of drug-likeness (QED) is 0.651. The Morgan fingerprint density at radius 3 is 2.36 bits per heavy atom. The fourth-order valence-corrected chi connectivity index (χ4v) is 3.68. The van der Waals surface area contributed by atoms with Crippen LogP contribution in [0.25, 0.3) is 16.8 Å². The fraction of sp³-hybridized carbons (Fsp3) is 0. The zero-order chi connectivity index (χ0) is 15.1. The van der Waals surface area contributed by atoms with Crippen LogP contribution in [-0.2, 0) is 0 Å². The van der Waals surface area contributed by atoms with Gasteiger partial charge in [0.2, 0.25) is 5.78 Å². The Hall–Kier alpha value is -2.52. The van der Waals surface area contributed by atoms with Crippen molar-refractivity contribution in [3.8, 4) is 5.75 Å². The van der Waals surface area contributed by atoms with Crippen molar-refractivity contribution in [2.45, 2.75) is 4.90 Å². The highest BCUT2D eigenvalue weighted by atomic mass is 32.2. The summed E-state index contributed by atoms with van der Waals surface area (Å²) in [5.74, 6) is 0.212. The van der Waals surface area contributed by atoms with Gasteiger partial charge in [-0.1, -0.05) is 48.2 Å². The van der Waals surface area contributed by atoms with Crippen molar-refractivity contribution in [1.82, 2.24) is 0 Å². The summed E-state index contributed by atoms with van der Waals surface area (Å²) in [5, 5.41) is 12.2. The van der Waals surface area contributed by atoms with Gasteiger partial charge >= 0.3 is 0 Å². The molecule has 0 atom stereocenters. The molecule has 0 radical (unpaired) electrons. The number of Topliss-reactive ketones (excluding diaryl/α,β-unsaturated/α-hetero) is 1. The van der Waals surface area contributed by atoms with Gasteiger partial charge in [-0.05, 0) is 41.1 Å². The Balaban J connectivity index is 1.81. The van der Waals surface area contributed by atoms with Crippen molar-refractivity contribution in [3.63, 3.8) is 0 Å². The largest absolute Gasteiger partial charge is 0.507 e. The van der Waals surface area contributed by atoms with Gasteiger partial charge in [0.15, 0.2) is 0 Å². The lowest BCUT2D eigenvalue weighted by atomic mass is 10.0. The van der Waals surface area contributed by atoms with Gasteiger partial charge in [0.25, 0.3) is 0 Å². The molecule has 3 aromatic carbocycles. The molecule has 1 N–H and O–H groups in total. The van der Waals surface area contributed by atoms with Crippen LogP contribution in [0.3, 0.4) is 0 Å². The zero-order valence-corrected chi connectivity index (χ0v) is 12.4. The van der Waals surface area contributed by atoms with Crippen molar-refractivity contribution in [2.24, 2.45) is 0 Å². The SMILES string of the molecule is O=C1C(=Cc2cc3ccccc3cc2O)Sc2ccccc21. The van der Waals surface area contributed by atoms with Crippen LogP contribution in [0.1, 0.15) is 15.9 Å². The molecule has 0 amide bonds. The molecule has 0 fully saturated rings. The second-order valence-electron chi connectivity index (χ2n) is 5.19. The normalized spacial score (nSPS) is 15.5. The third kappa shape index (κ3) is 2.11. The summed E-state index contributed by atoms with van der Waals surface area (Å²) in [6.45, 7) is 0. The molecule has 0 unspecified atom stereocenters. The molecule has 1 aliphatic rings. The minimum absolute atomic E-state index is 0.0214. The van der Waals surface area contributed by atoms with Crippen LogP contribution >= 0.6 is 11.8 Å². The lowest BCUT2D eigenvalue weighted by Crippen LogP contribution is -1.93. The Bertz CT molecular complexity index is 941. The van der Waals surface area contributed by atoms with Crippen LogP contribution in [0.5, 0.6) is 5.75 Å². The van der Waals surface area contributed by atoms with Crippen LogP contribution in [0, 0.1) is 0 Å². The summed E-state index contributed by atoms with van der Waals surface area (Å²) < 4.78 is 0. The van der Waals surface area contributed by atoms with E-state index in [0.717, 1.165) is 21.2 Å². The lowest BCUT2D eigenvalue weighted by Gasteiger charge is -2.04. The van der Waals surface area contributed by atoms with Crippen molar-refractivity contribution < 1.29 is 9.90 Å². The van der Waals surface area contributed by atoms with Crippen molar-refractivity contribution in [3.05, 3.63) is 76.7 Å². The molecule has 1 aliphatic heterocycles. The molecule has 106 valence electrons. The van der Waals surface area contributed by atoms with Gasteiger partial charge in [-0.2, -0.15) is 0 Å². The number of rotatable bonds is 1. The number of benzene rings is 3. The highest BCUT2D eigenvalue weighted by molar-refractivity contribution is 8.04. The summed E-state index contributed by atoms with van der Waals surface area (Å²) in [5.41, 5.74) is 1.40. The monoisotopic (exact) mass is 304 g/mol. The lowest BCUT2D eigenvalue weighted by molar-refractivity contribution is 0.104. The predicted molar refractivity (Wildman–Crippen MR) is 90.2 cm³/mol. The van der Waals surface area contributed by atoms with E-state index in [1.165, 1.54) is 11.8 Å². The molecule has 4 rings (SSSR count). The number of phenols is 1. The third-order valence-corrected chi connectivity index (χ3v) is 4.86. The molecule has 1 heterocycles. The van der Waals surface area contributed by atoms with Gasteiger partial charge in [-0.25, -0.2) is 0 Å². The van der Waals surface area contributed by atoms with E-state index in [9.17, 15) is 9.90 Å². The molecule has 0 saturated heterocycles. The number of allylic oxidation sites excluding steroid dienone is 1. The van der Waals surface area contributed by atoms with Gasteiger partial charge in [0.05, 0.1) is 4.91 Å². The number of phenolic OH excluding ortho intramolecular Hbond substituents is 1. The van der Waals surface area contributed by atoms with Crippen LogP contribution in [0.4, 0.5) is 0 Å². The van der Waals surface area contributed by atoms with Crippen molar-refractivity contribution in [1.29, 1.82) is 0 Å². The fourth-order valence-electron chi connectivity index (χ4n) is 2.64. The van der Waals surface area contributed by atoms with Gasteiger partial charge in [0, 0.05) is 16.0 Å². The number of carbonyl (C=O) groups is 1.